The topological polar surface area (TPSA) is 38.1 Å². The first-order valence-corrected chi connectivity index (χ1v) is 8.61. The Labute approximate surface area is 130 Å². The molecular weight excluding hydrogens is 282 g/mol. The van der Waals surface area contributed by atoms with Gasteiger partial charge in [-0.1, -0.05) is 19.1 Å². The lowest BCUT2D eigenvalue weighted by Crippen LogP contribution is -2.35. The molecule has 0 aliphatic heterocycles. The smallest absolute Gasteiger partial charge is 0.261 e. The third kappa shape index (κ3) is 3.47. The maximum atomic E-state index is 12.4. The Morgan fingerprint density at radius 1 is 1.38 bits per heavy atom. The van der Waals surface area contributed by atoms with Crippen LogP contribution in [-0.2, 0) is 13.6 Å². The molecule has 4 nitrogen and oxygen atoms in total. The number of fused-ring (bicyclic) bond motifs is 1. The van der Waals surface area contributed by atoms with Crippen LogP contribution in [0.1, 0.15) is 19.2 Å². The maximum Gasteiger partial charge on any atom is 0.261 e. The minimum Gasteiger partial charge on any atom is -0.298 e. The molecule has 2 aromatic rings. The van der Waals surface area contributed by atoms with Crippen molar-refractivity contribution in [2.24, 2.45) is 7.05 Å². The van der Waals surface area contributed by atoms with Gasteiger partial charge >= 0.3 is 0 Å². The zero-order chi connectivity index (χ0) is 15.4. The summed E-state index contributed by atoms with van der Waals surface area (Å²) in [5.74, 6) is 1.91. The van der Waals surface area contributed by atoms with Crippen molar-refractivity contribution in [2.75, 3.05) is 19.1 Å². The molecule has 1 heterocycles. The Morgan fingerprint density at radius 2 is 2.10 bits per heavy atom. The Balaban J connectivity index is 2.34. The van der Waals surface area contributed by atoms with Gasteiger partial charge in [0.25, 0.3) is 5.56 Å². The van der Waals surface area contributed by atoms with E-state index in [1.54, 1.807) is 11.6 Å². The highest BCUT2D eigenvalue weighted by Crippen LogP contribution is 2.13. The predicted molar refractivity (Wildman–Crippen MR) is 90.9 cm³/mol. The highest BCUT2D eigenvalue weighted by molar-refractivity contribution is 7.98. The first kappa shape index (κ1) is 16.0. The van der Waals surface area contributed by atoms with Crippen LogP contribution in [0.5, 0.6) is 0 Å². The fraction of sp³-hybridized carbons (Fsp3) is 0.500. The molecule has 1 atom stereocenters. The van der Waals surface area contributed by atoms with E-state index in [1.807, 2.05) is 36.0 Å². The monoisotopic (exact) mass is 305 g/mol. The molecule has 0 N–H and O–H groups in total. The number of para-hydroxylation sites is 1. The van der Waals surface area contributed by atoms with Gasteiger partial charge in [-0.25, -0.2) is 4.98 Å². The van der Waals surface area contributed by atoms with Crippen molar-refractivity contribution < 1.29 is 0 Å². The van der Waals surface area contributed by atoms with Gasteiger partial charge in [0, 0.05) is 18.8 Å². The van der Waals surface area contributed by atoms with E-state index in [1.165, 1.54) is 0 Å². The summed E-state index contributed by atoms with van der Waals surface area (Å²) >= 11 is 1.85. The number of hydrogen-bond donors (Lipinski definition) is 0. The van der Waals surface area contributed by atoms with E-state index < -0.39 is 0 Å². The lowest BCUT2D eigenvalue weighted by molar-refractivity contribution is 0.239. The number of aromatic nitrogens is 2. The normalized spacial score (nSPS) is 13.0. The SMILES string of the molecule is CC[C@H](CSC)N(C)Cc1nc2ccccc2c(=O)n1C. The van der Waals surface area contributed by atoms with Crippen molar-refractivity contribution in [3.63, 3.8) is 0 Å². The third-order valence-corrected chi connectivity index (χ3v) is 4.64. The Kier molecular flexibility index (Phi) is 5.42. The van der Waals surface area contributed by atoms with Crippen LogP contribution in [0.15, 0.2) is 29.1 Å². The summed E-state index contributed by atoms with van der Waals surface area (Å²) < 4.78 is 1.67. The first-order chi connectivity index (χ1) is 10.1. The molecule has 114 valence electrons. The molecule has 5 heteroatoms. The largest absolute Gasteiger partial charge is 0.298 e. The van der Waals surface area contributed by atoms with Gasteiger partial charge in [-0.15, -0.1) is 0 Å². The Hall–Kier alpha value is -1.33. The van der Waals surface area contributed by atoms with Gasteiger partial charge in [0.1, 0.15) is 5.82 Å². The number of thioether (sulfide) groups is 1. The molecule has 0 fully saturated rings. The lowest BCUT2D eigenvalue weighted by Gasteiger charge is -2.26. The first-order valence-electron chi connectivity index (χ1n) is 7.22. The van der Waals surface area contributed by atoms with Crippen molar-refractivity contribution in [1.82, 2.24) is 14.5 Å². The minimum atomic E-state index is 0.0296. The quantitative estimate of drug-likeness (QED) is 0.822. The fourth-order valence-corrected chi connectivity index (χ4v) is 3.38. The Morgan fingerprint density at radius 3 is 2.76 bits per heavy atom. The molecule has 0 aliphatic rings. The molecular formula is C16H23N3OS. The summed E-state index contributed by atoms with van der Waals surface area (Å²) in [5, 5.41) is 0.683. The summed E-state index contributed by atoms with van der Waals surface area (Å²) in [6.45, 7) is 2.89. The van der Waals surface area contributed by atoms with Crippen LogP contribution in [0.3, 0.4) is 0 Å². The summed E-state index contributed by atoms with van der Waals surface area (Å²) in [5.41, 5.74) is 0.809. The van der Waals surface area contributed by atoms with E-state index in [0.717, 1.165) is 23.5 Å². The molecule has 0 unspecified atom stereocenters. The molecule has 0 saturated heterocycles. The second kappa shape index (κ2) is 7.09. The van der Waals surface area contributed by atoms with Gasteiger partial charge < -0.3 is 0 Å². The molecule has 0 bridgehead atoms. The lowest BCUT2D eigenvalue weighted by atomic mass is 10.2. The fourth-order valence-electron chi connectivity index (χ4n) is 2.51. The molecule has 0 spiro atoms. The molecule has 0 aliphatic carbocycles. The summed E-state index contributed by atoms with van der Waals surface area (Å²) in [7, 11) is 3.91. The second-order valence-corrected chi connectivity index (χ2v) is 6.25. The molecule has 21 heavy (non-hydrogen) atoms. The van der Waals surface area contributed by atoms with E-state index in [9.17, 15) is 4.79 Å². The van der Waals surface area contributed by atoms with Crippen molar-refractivity contribution in [3.05, 3.63) is 40.4 Å². The van der Waals surface area contributed by atoms with Crippen LogP contribution in [0.2, 0.25) is 0 Å². The Bertz CT molecular complexity index is 668. The average molecular weight is 305 g/mol. The average Bonchev–Trinajstić information content (AvgIpc) is 2.49. The van der Waals surface area contributed by atoms with E-state index in [-0.39, 0.29) is 5.56 Å². The van der Waals surface area contributed by atoms with Gasteiger partial charge in [0.2, 0.25) is 0 Å². The molecule has 1 aromatic carbocycles. The van der Waals surface area contributed by atoms with Gasteiger partial charge in [-0.05, 0) is 31.9 Å². The third-order valence-electron chi connectivity index (χ3n) is 3.92. The van der Waals surface area contributed by atoms with Crippen LogP contribution < -0.4 is 5.56 Å². The van der Waals surface area contributed by atoms with Gasteiger partial charge in [0.05, 0.1) is 17.4 Å². The second-order valence-electron chi connectivity index (χ2n) is 5.34. The standard InChI is InChI=1S/C16H23N3OS/c1-5-12(11-21-4)18(2)10-15-17-14-9-7-6-8-13(14)16(20)19(15)3/h6-9,12H,5,10-11H2,1-4H3/t12-/m1/s1. The van der Waals surface area contributed by atoms with E-state index in [2.05, 4.69) is 30.1 Å². The molecule has 0 saturated carbocycles. The maximum absolute atomic E-state index is 12.4. The summed E-state index contributed by atoms with van der Waals surface area (Å²) in [6.07, 6.45) is 3.22. The summed E-state index contributed by atoms with van der Waals surface area (Å²) in [4.78, 5) is 19.3. The number of benzene rings is 1. The van der Waals surface area contributed by atoms with E-state index in [0.29, 0.717) is 18.0 Å². The van der Waals surface area contributed by atoms with E-state index >= 15 is 0 Å². The molecule has 0 amide bonds. The van der Waals surface area contributed by atoms with Crippen molar-refractivity contribution >= 4 is 22.7 Å². The highest BCUT2D eigenvalue weighted by atomic mass is 32.2. The van der Waals surface area contributed by atoms with Crippen molar-refractivity contribution in [2.45, 2.75) is 25.9 Å². The minimum absolute atomic E-state index is 0.0296. The molecule has 1 aromatic heterocycles. The molecule has 2 rings (SSSR count). The number of hydrogen-bond acceptors (Lipinski definition) is 4. The zero-order valence-electron chi connectivity index (χ0n) is 13.2. The van der Waals surface area contributed by atoms with Gasteiger partial charge in [0.15, 0.2) is 0 Å². The number of nitrogens with zero attached hydrogens (tertiary/aromatic N) is 3. The van der Waals surface area contributed by atoms with Crippen molar-refractivity contribution in [3.8, 4) is 0 Å². The predicted octanol–water partition coefficient (Wildman–Crippen LogP) is 2.51. The van der Waals surface area contributed by atoms with Crippen LogP contribution >= 0.6 is 11.8 Å². The van der Waals surface area contributed by atoms with Crippen LogP contribution in [0, 0.1) is 0 Å². The summed E-state index contributed by atoms with van der Waals surface area (Å²) in [6, 6.07) is 8.04. The number of rotatable bonds is 6. The molecule has 0 radical (unpaired) electrons. The van der Waals surface area contributed by atoms with Gasteiger partial charge in [-0.2, -0.15) is 11.8 Å². The van der Waals surface area contributed by atoms with Crippen molar-refractivity contribution in [1.29, 1.82) is 0 Å². The van der Waals surface area contributed by atoms with E-state index in [4.69, 9.17) is 0 Å². The zero-order valence-corrected chi connectivity index (χ0v) is 14.0. The van der Waals surface area contributed by atoms with Crippen LogP contribution in [0.25, 0.3) is 10.9 Å². The van der Waals surface area contributed by atoms with Crippen LogP contribution in [-0.4, -0.2) is 39.5 Å². The van der Waals surface area contributed by atoms with Gasteiger partial charge in [-0.3, -0.25) is 14.3 Å². The van der Waals surface area contributed by atoms with Crippen LogP contribution in [0.4, 0.5) is 0 Å². The highest BCUT2D eigenvalue weighted by Gasteiger charge is 2.15.